The molecule has 2 nitrogen and oxygen atoms in total. The van der Waals surface area contributed by atoms with Gasteiger partial charge in [-0.1, -0.05) is 56.1 Å². The second-order valence-electron chi connectivity index (χ2n) is 5.37. The van der Waals surface area contributed by atoms with Crippen molar-refractivity contribution < 1.29 is 5.11 Å². The van der Waals surface area contributed by atoms with E-state index in [1.54, 1.807) is 18.2 Å². The van der Waals surface area contributed by atoms with Crippen LogP contribution in [-0.4, -0.2) is 11.1 Å². The summed E-state index contributed by atoms with van der Waals surface area (Å²) in [5.74, 6) is 0. The topological polar surface area (TPSA) is 46.2 Å². The molecule has 2 atom stereocenters. The number of rotatable bonds is 3. The van der Waals surface area contributed by atoms with Crippen molar-refractivity contribution in [3.63, 3.8) is 0 Å². The SMILES string of the molecule is CC(C)(C)[C@@H](N)C[C@@H](O)c1cccc(Cl)c1Cl. The molecule has 0 saturated carbocycles. The zero-order chi connectivity index (χ0) is 13.2. The molecule has 0 spiro atoms. The third-order valence-corrected chi connectivity index (χ3v) is 3.76. The fourth-order valence-electron chi connectivity index (χ4n) is 1.50. The molecule has 1 aromatic carbocycles. The summed E-state index contributed by atoms with van der Waals surface area (Å²) in [6.07, 6.45) is -0.223. The van der Waals surface area contributed by atoms with Gasteiger partial charge in [-0.3, -0.25) is 0 Å². The van der Waals surface area contributed by atoms with Gasteiger partial charge in [0.25, 0.3) is 0 Å². The smallest absolute Gasteiger partial charge is 0.0819 e. The molecule has 0 radical (unpaired) electrons. The summed E-state index contributed by atoms with van der Waals surface area (Å²) < 4.78 is 0. The molecule has 3 N–H and O–H groups in total. The van der Waals surface area contributed by atoms with Crippen LogP contribution in [-0.2, 0) is 0 Å². The largest absolute Gasteiger partial charge is 0.388 e. The molecule has 1 rings (SSSR count). The predicted octanol–water partition coefficient (Wildman–Crippen LogP) is 3.79. The van der Waals surface area contributed by atoms with Crippen molar-refractivity contribution in [2.75, 3.05) is 0 Å². The van der Waals surface area contributed by atoms with Crippen LogP contribution in [0.25, 0.3) is 0 Å². The normalized spacial score (nSPS) is 15.7. The van der Waals surface area contributed by atoms with Crippen LogP contribution in [0.15, 0.2) is 18.2 Å². The minimum Gasteiger partial charge on any atom is -0.388 e. The van der Waals surface area contributed by atoms with Crippen molar-refractivity contribution in [2.45, 2.75) is 39.3 Å². The standard InChI is InChI=1S/C13H19Cl2NO/c1-13(2,3)11(16)7-10(17)8-5-4-6-9(14)12(8)15/h4-6,10-11,17H,7,16H2,1-3H3/t10-,11+/m1/s1. The van der Waals surface area contributed by atoms with E-state index >= 15 is 0 Å². The van der Waals surface area contributed by atoms with Crippen LogP contribution in [0.2, 0.25) is 10.0 Å². The molecular formula is C13H19Cl2NO. The van der Waals surface area contributed by atoms with Gasteiger partial charge in [0.15, 0.2) is 0 Å². The molecule has 17 heavy (non-hydrogen) atoms. The summed E-state index contributed by atoms with van der Waals surface area (Å²) in [5, 5.41) is 11.0. The lowest BCUT2D eigenvalue weighted by Crippen LogP contribution is -2.36. The van der Waals surface area contributed by atoms with E-state index in [0.717, 1.165) is 0 Å². The highest BCUT2D eigenvalue weighted by Crippen LogP contribution is 2.33. The molecule has 0 aliphatic rings. The maximum atomic E-state index is 10.1. The van der Waals surface area contributed by atoms with E-state index in [1.807, 2.05) is 20.8 Å². The first-order chi connectivity index (χ1) is 7.73. The van der Waals surface area contributed by atoms with Crippen molar-refractivity contribution in [3.8, 4) is 0 Å². The van der Waals surface area contributed by atoms with E-state index in [0.29, 0.717) is 22.0 Å². The van der Waals surface area contributed by atoms with Crippen LogP contribution in [0.5, 0.6) is 0 Å². The Morgan fingerprint density at radius 3 is 2.41 bits per heavy atom. The van der Waals surface area contributed by atoms with Crippen LogP contribution in [0.4, 0.5) is 0 Å². The van der Waals surface area contributed by atoms with Gasteiger partial charge in [-0.25, -0.2) is 0 Å². The van der Waals surface area contributed by atoms with Gasteiger partial charge >= 0.3 is 0 Å². The van der Waals surface area contributed by atoms with Crippen LogP contribution in [0.3, 0.4) is 0 Å². The van der Waals surface area contributed by atoms with Crippen molar-refractivity contribution in [3.05, 3.63) is 33.8 Å². The first kappa shape index (κ1) is 14.8. The maximum absolute atomic E-state index is 10.1. The maximum Gasteiger partial charge on any atom is 0.0819 e. The Morgan fingerprint density at radius 1 is 1.29 bits per heavy atom. The molecule has 0 aliphatic carbocycles. The van der Waals surface area contributed by atoms with Gasteiger partial charge in [-0.15, -0.1) is 0 Å². The molecule has 0 bridgehead atoms. The molecule has 0 heterocycles. The van der Waals surface area contributed by atoms with Crippen molar-refractivity contribution in [1.29, 1.82) is 0 Å². The number of aliphatic hydroxyl groups excluding tert-OH is 1. The number of benzene rings is 1. The molecule has 4 heteroatoms. The minimum absolute atomic E-state index is 0.0496. The van der Waals surface area contributed by atoms with Gasteiger partial charge < -0.3 is 10.8 Å². The van der Waals surface area contributed by atoms with E-state index in [4.69, 9.17) is 28.9 Å². The van der Waals surface area contributed by atoms with Gasteiger partial charge in [0, 0.05) is 11.6 Å². The highest BCUT2D eigenvalue weighted by atomic mass is 35.5. The average Bonchev–Trinajstić information content (AvgIpc) is 2.20. The highest BCUT2D eigenvalue weighted by molar-refractivity contribution is 6.42. The molecule has 0 amide bonds. The van der Waals surface area contributed by atoms with Crippen molar-refractivity contribution in [2.24, 2.45) is 11.1 Å². The Balaban J connectivity index is 2.84. The molecule has 0 fully saturated rings. The Kier molecular flexibility index (Phi) is 4.85. The second kappa shape index (κ2) is 5.57. The number of aliphatic hydroxyl groups is 1. The highest BCUT2D eigenvalue weighted by Gasteiger charge is 2.25. The Morgan fingerprint density at radius 2 is 1.88 bits per heavy atom. The molecule has 1 aromatic rings. The third-order valence-electron chi connectivity index (χ3n) is 2.93. The van der Waals surface area contributed by atoms with Crippen LogP contribution in [0, 0.1) is 5.41 Å². The van der Waals surface area contributed by atoms with E-state index in [1.165, 1.54) is 0 Å². The summed E-state index contributed by atoms with van der Waals surface area (Å²) in [6.45, 7) is 6.14. The summed E-state index contributed by atoms with van der Waals surface area (Å²) >= 11 is 12.0. The van der Waals surface area contributed by atoms with E-state index in [-0.39, 0.29) is 11.5 Å². The zero-order valence-electron chi connectivity index (χ0n) is 10.4. The quantitative estimate of drug-likeness (QED) is 0.882. The lowest BCUT2D eigenvalue weighted by atomic mass is 9.83. The minimum atomic E-state index is -0.685. The zero-order valence-corrected chi connectivity index (χ0v) is 11.9. The Hall–Kier alpha value is -0.280. The Labute approximate surface area is 113 Å². The molecular weight excluding hydrogens is 257 g/mol. The van der Waals surface area contributed by atoms with E-state index in [9.17, 15) is 5.11 Å². The van der Waals surface area contributed by atoms with Crippen LogP contribution in [0.1, 0.15) is 38.9 Å². The second-order valence-corrected chi connectivity index (χ2v) is 6.15. The molecule has 0 aliphatic heterocycles. The molecule has 0 aromatic heterocycles. The number of nitrogens with two attached hydrogens (primary N) is 1. The van der Waals surface area contributed by atoms with Gasteiger partial charge in [0.2, 0.25) is 0 Å². The van der Waals surface area contributed by atoms with Gasteiger partial charge in [0.05, 0.1) is 16.1 Å². The van der Waals surface area contributed by atoms with Gasteiger partial charge in [0.1, 0.15) is 0 Å². The summed E-state index contributed by atoms with van der Waals surface area (Å²) in [6, 6.07) is 5.14. The lowest BCUT2D eigenvalue weighted by molar-refractivity contribution is 0.133. The van der Waals surface area contributed by atoms with Crippen LogP contribution < -0.4 is 5.73 Å². The van der Waals surface area contributed by atoms with Crippen LogP contribution >= 0.6 is 23.2 Å². The monoisotopic (exact) mass is 275 g/mol. The predicted molar refractivity (Wildman–Crippen MR) is 73.5 cm³/mol. The van der Waals surface area contributed by atoms with Crippen molar-refractivity contribution >= 4 is 23.2 Å². The number of halogens is 2. The molecule has 96 valence electrons. The van der Waals surface area contributed by atoms with E-state index < -0.39 is 6.10 Å². The Bertz CT molecular complexity index is 387. The fraction of sp³-hybridized carbons (Fsp3) is 0.538. The number of hydrogen-bond donors (Lipinski definition) is 2. The first-order valence-electron chi connectivity index (χ1n) is 5.61. The van der Waals surface area contributed by atoms with Crippen molar-refractivity contribution in [1.82, 2.24) is 0 Å². The summed E-state index contributed by atoms with van der Waals surface area (Å²) in [4.78, 5) is 0. The molecule has 0 saturated heterocycles. The number of hydrogen-bond acceptors (Lipinski definition) is 2. The summed E-state index contributed by atoms with van der Waals surface area (Å²) in [5.41, 5.74) is 6.63. The van der Waals surface area contributed by atoms with Gasteiger partial charge in [-0.2, -0.15) is 0 Å². The average molecular weight is 276 g/mol. The first-order valence-corrected chi connectivity index (χ1v) is 6.36. The van der Waals surface area contributed by atoms with E-state index in [2.05, 4.69) is 0 Å². The fourth-order valence-corrected chi connectivity index (χ4v) is 1.93. The third kappa shape index (κ3) is 3.85. The summed E-state index contributed by atoms with van der Waals surface area (Å²) in [7, 11) is 0. The molecule has 0 unspecified atom stereocenters. The van der Waals surface area contributed by atoms with Gasteiger partial charge in [-0.05, 0) is 17.9 Å². The lowest BCUT2D eigenvalue weighted by Gasteiger charge is -2.29.